The summed E-state index contributed by atoms with van der Waals surface area (Å²) < 4.78 is 37.5. The Morgan fingerprint density at radius 1 is 1.28 bits per heavy atom. The number of para-hydroxylation sites is 2. The van der Waals surface area contributed by atoms with Gasteiger partial charge < -0.3 is 14.8 Å². The molecule has 1 amide bonds. The molecule has 1 aromatic carbocycles. The highest BCUT2D eigenvalue weighted by atomic mass is 32.2. The quantitative estimate of drug-likeness (QED) is 0.655. The van der Waals surface area contributed by atoms with E-state index in [4.69, 9.17) is 9.47 Å². The normalized spacial score (nSPS) is 12.4. The maximum absolute atomic E-state index is 12.3. The first-order chi connectivity index (χ1) is 11.8. The number of methoxy groups -OCH3 is 1. The van der Waals surface area contributed by atoms with Gasteiger partial charge in [0.25, 0.3) is 10.0 Å². The molecule has 25 heavy (non-hydrogen) atoms. The summed E-state index contributed by atoms with van der Waals surface area (Å²) >= 11 is 0.765. The van der Waals surface area contributed by atoms with E-state index in [-0.39, 0.29) is 22.0 Å². The maximum Gasteiger partial charge on any atom is 0.270 e. The molecular weight excluding hydrogens is 368 g/mol. The van der Waals surface area contributed by atoms with Gasteiger partial charge in [0.05, 0.1) is 13.2 Å². The van der Waals surface area contributed by atoms with Crippen LogP contribution in [0.2, 0.25) is 0 Å². The minimum atomic E-state index is -3.86. The fourth-order valence-electron chi connectivity index (χ4n) is 1.82. The Labute approximate surface area is 149 Å². The first-order valence-electron chi connectivity index (χ1n) is 7.21. The predicted molar refractivity (Wildman–Crippen MR) is 92.5 cm³/mol. The average Bonchev–Trinajstić information content (AvgIpc) is 3.01. The third-order valence-electron chi connectivity index (χ3n) is 2.83. The van der Waals surface area contributed by atoms with E-state index in [1.165, 1.54) is 14.0 Å². The standard InChI is InChI=1S/C14H18N4O5S2/c1-9(8-23-12-7-5-4-6-11(12)22-3)18-25(20,21)14-17-16-13(24-14)15-10(2)19/h4-7,9,18H,8H2,1-3H3,(H,15,16,19). The zero-order valence-corrected chi connectivity index (χ0v) is 15.5. The lowest BCUT2D eigenvalue weighted by atomic mass is 10.3. The molecule has 0 aliphatic carbocycles. The van der Waals surface area contributed by atoms with E-state index in [1.54, 1.807) is 31.2 Å². The third-order valence-corrected chi connectivity index (χ3v) is 5.63. The predicted octanol–water partition coefficient (Wildman–Crippen LogP) is 1.25. The number of amides is 1. The van der Waals surface area contributed by atoms with E-state index in [0.717, 1.165) is 11.3 Å². The van der Waals surface area contributed by atoms with Crippen molar-refractivity contribution in [1.82, 2.24) is 14.9 Å². The number of hydrogen-bond donors (Lipinski definition) is 2. The van der Waals surface area contributed by atoms with Crippen LogP contribution in [0.1, 0.15) is 13.8 Å². The summed E-state index contributed by atoms with van der Waals surface area (Å²) in [6, 6.07) is 6.54. The molecule has 2 rings (SSSR count). The van der Waals surface area contributed by atoms with Gasteiger partial charge in [-0.2, -0.15) is 0 Å². The molecule has 1 unspecified atom stereocenters. The van der Waals surface area contributed by atoms with Gasteiger partial charge in [-0.1, -0.05) is 23.5 Å². The van der Waals surface area contributed by atoms with Crippen LogP contribution in [0.25, 0.3) is 0 Å². The number of nitrogens with one attached hydrogen (secondary N) is 2. The molecule has 0 bridgehead atoms. The molecule has 0 saturated carbocycles. The lowest BCUT2D eigenvalue weighted by Gasteiger charge is -2.15. The monoisotopic (exact) mass is 386 g/mol. The number of hydrogen-bond acceptors (Lipinski definition) is 8. The summed E-state index contributed by atoms with van der Waals surface area (Å²) in [4.78, 5) is 11.0. The number of aromatic nitrogens is 2. The molecule has 11 heteroatoms. The molecule has 9 nitrogen and oxygen atoms in total. The van der Waals surface area contributed by atoms with Gasteiger partial charge in [0.2, 0.25) is 15.4 Å². The molecule has 1 atom stereocenters. The van der Waals surface area contributed by atoms with Crippen molar-refractivity contribution in [3.05, 3.63) is 24.3 Å². The van der Waals surface area contributed by atoms with Crippen molar-refractivity contribution in [3.8, 4) is 11.5 Å². The smallest absolute Gasteiger partial charge is 0.270 e. The molecule has 0 saturated heterocycles. The molecule has 0 aliphatic rings. The molecule has 0 radical (unpaired) electrons. The van der Waals surface area contributed by atoms with E-state index >= 15 is 0 Å². The Hall–Kier alpha value is -2.24. The van der Waals surface area contributed by atoms with Gasteiger partial charge in [-0.15, -0.1) is 10.2 Å². The van der Waals surface area contributed by atoms with Crippen LogP contribution in [0.15, 0.2) is 28.6 Å². The SMILES string of the molecule is COc1ccccc1OCC(C)NS(=O)(=O)c1nnc(NC(C)=O)s1. The first kappa shape index (κ1) is 19.1. The summed E-state index contributed by atoms with van der Waals surface area (Å²) in [5.41, 5.74) is 0. The van der Waals surface area contributed by atoms with Crippen molar-refractivity contribution < 1.29 is 22.7 Å². The summed E-state index contributed by atoms with van der Waals surface area (Å²) in [6.07, 6.45) is 0. The molecule has 0 spiro atoms. The Kier molecular flexibility index (Phi) is 6.28. The second kappa shape index (κ2) is 8.23. The van der Waals surface area contributed by atoms with Crippen LogP contribution >= 0.6 is 11.3 Å². The summed E-state index contributed by atoms with van der Waals surface area (Å²) in [6.45, 7) is 3.05. The van der Waals surface area contributed by atoms with Crippen LogP contribution in [0.4, 0.5) is 5.13 Å². The van der Waals surface area contributed by atoms with Crippen LogP contribution in [0, 0.1) is 0 Å². The maximum atomic E-state index is 12.3. The van der Waals surface area contributed by atoms with Gasteiger partial charge in [-0.25, -0.2) is 13.1 Å². The lowest BCUT2D eigenvalue weighted by Crippen LogP contribution is -2.36. The van der Waals surface area contributed by atoms with Gasteiger partial charge >= 0.3 is 0 Å². The number of carbonyl (C=O) groups is 1. The minimum Gasteiger partial charge on any atom is -0.493 e. The largest absolute Gasteiger partial charge is 0.493 e. The van der Waals surface area contributed by atoms with E-state index in [1.807, 2.05) is 0 Å². The fourth-order valence-corrected chi connectivity index (χ4v) is 4.01. The summed E-state index contributed by atoms with van der Waals surface area (Å²) in [5, 5.41) is 9.70. The molecule has 1 heterocycles. The number of anilines is 1. The fraction of sp³-hybridized carbons (Fsp3) is 0.357. The van der Waals surface area contributed by atoms with Gasteiger partial charge in [-0.05, 0) is 19.1 Å². The van der Waals surface area contributed by atoms with Crippen molar-refractivity contribution in [2.24, 2.45) is 0 Å². The van der Waals surface area contributed by atoms with Crippen LogP contribution in [0.3, 0.4) is 0 Å². The zero-order chi connectivity index (χ0) is 18.4. The van der Waals surface area contributed by atoms with E-state index in [2.05, 4.69) is 20.2 Å². The van der Waals surface area contributed by atoms with Gasteiger partial charge in [0.15, 0.2) is 11.5 Å². The molecule has 2 aromatic rings. The highest BCUT2D eigenvalue weighted by Gasteiger charge is 2.23. The number of ether oxygens (including phenoxy) is 2. The van der Waals surface area contributed by atoms with E-state index in [9.17, 15) is 13.2 Å². The molecule has 0 fully saturated rings. The number of sulfonamides is 1. The van der Waals surface area contributed by atoms with Gasteiger partial charge in [-0.3, -0.25) is 4.79 Å². The molecule has 0 aliphatic heterocycles. The van der Waals surface area contributed by atoms with Crippen LogP contribution < -0.4 is 19.5 Å². The summed E-state index contributed by atoms with van der Waals surface area (Å²) in [7, 11) is -2.34. The van der Waals surface area contributed by atoms with Gasteiger partial charge in [0, 0.05) is 6.92 Å². The lowest BCUT2D eigenvalue weighted by molar-refractivity contribution is -0.114. The summed E-state index contributed by atoms with van der Waals surface area (Å²) in [5.74, 6) is 0.716. The zero-order valence-electron chi connectivity index (χ0n) is 13.8. The topological polar surface area (TPSA) is 120 Å². The van der Waals surface area contributed by atoms with Crippen LogP contribution in [-0.4, -0.2) is 44.3 Å². The second-order valence-electron chi connectivity index (χ2n) is 5.04. The van der Waals surface area contributed by atoms with Gasteiger partial charge in [0.1, 0.15) is 6.61 Å². The minimum absolute atomic E-state index is 0.0942. The van der Waals surface area contributed by atoms with Crippen LogP contribution in [0.5, 0.6) is 11.5 Å². The van der Waals surface area contributed by atoms with Crippen molar-refractivity contribution in [1.29, 1.82) is 0 Å². The number of rotatable bonds is 8. The highest BCUT2D eigenvalue weighted by molar-refractivity contribution is 7.91. The Bertz CT molecular complexity index is 837. The van der Waals surface area contributed by atoms with Crippen molar-refractivity contribution >= 4 is 32.4 Å². The van der Waals surface area contributed by atoms with Crippen molar-refractivity contribution in [2.45, 2.75) is 24.2 Å². The molecule has 1 aromatic heterocycles. The third kappa shape index (κ3) is 5.37. The number of carbonyl (C=O) groups excluding carboxylic acids is 1. The van der Waals surface area contributed by atoms with Crippen molar-refractivity contribution in [2.75, 3.05) is 19.0 Å². The Morgan fingerprint density at radius 2 is 1.96 bits per heavy atom. The Morgan fingerprint density at radius 3 is 2.60 bits per heavy atom. The molecular formula is C14H18N4O5S2. The van der Waals surface area contributed by atoms with Crippen LogP contribution in [-0.2, 0) is 14.8 Å². The average molecular weight is 386 g/mol. The molecule has 2 N–H and O–H groups in total. The number of benzene rings is 1. The number of nitrogens with zero attached hydrogens (tertiary/aromatic N) is 2. The molecule has 136 valence electrons. The van der Waals surface area contributed by atoms with E-state index < -0.39 is 16.1 Å². The van der Waals surface area contributed by atoms with E-state index in [0.29, 0.717) is 11.5 Å². The second-order valence-corrected chi connectivity index (χ2v) is 7.90. The highest BCUT2D eigenvalue weighted by Crippen LogP contribution is 2.26. The van der Waals surface area contributed by atoms with Crippen molar-refractivity contribution in [3.63, 3.8) is 0 Å². The Balaban J connectivity index is 1.97. The first-order valence-corrected chi connectivity index (χ1v) is 9.51.